The van der Waals surface area contributed by atoms with E-state index in [9.17, 15) is 14.4 Å². The number of H-pyrrole nitrogens is 1. The van der Waals surface area contributed by atoms with E-state index in [2.05, 4.69) is 22.7 Å². The normalized spacial score (nSPS) is 16.2. The SMILES string of the molecule is CCOC(=O)c1c(NC(=O)C(C)Sc2c(=O)o[nH][n+]2C)sc2c1CCC(c1ccccc1)C2. The molecule has 1 aliphatic carbocycles. The third-order valence-corrected chi connectivity index (χ3v) is 8.07. The number of rotatable bonds is 7. The number of nitrogens with zero attached hydrogens (tertiary/aromatic N) is 1. The second kappa shape index (κ2) is 9.96. The standard InChI is InChI=1S/C23H25N3O5S2/c1-4-30-22(28)18-16-11-10-15(14-8-6-5-7-9-14)12-17(16)33-20(18)24-19(27)13(2)32-21-23(29)31-25-26(21)3/h5-9,13,15H,4,10-12H2,1-3H3,(H-,24,25,27,28,29)/p+1. The zero-order valence-corrected chi connectivity index (χ0v) is 20.3. The number of ether oxygens (including phenoxy) is 1. The zero-order valence-electron chi connectivity index (χ0n) is 18.7. The van der Waals surface area contributed by atoms with E-state index in [1.54, 1.807) is 20.9 Å². The maximum Gasteiger partial charge on any atom is 0.441 e. The minimum absolute atomic E-state index is 0.259. The number of fused-ring (bicyclic) bond motifs is 1. The molecule has 2 unspecified atom stereocenters. The van der Waals surface area contributed by atoms with Gasteiger partial charge in [0, 0.05) is 4.88 Å². The van der Waals surface area contributed by atoms with E-state index in [0.29, 0.717) is 21.5 Å². The molecule has 0 aliphatic heterocycles. The molecule has 4 rings (SSSR count). The van der Waals surface area contributed by atoms with Crippen LogP contribution in [0.2, 0.25) is 0 Å². The Hall–Kier alpha value is -2.85. The maximum atomic E-state index is 13.0. The number of carbonyl (C=O) groups is 2. The number of aromatic amines is 1. The number of anilines is 1. The van der Waals surface area contributed by atoms with Gasteiger partial charge in [-0.2, -0.15) is 0 Å². The largest absolute Gasteiger partial charge is 0.462 e. The highest BCUT2D eigenvalue weighted by Gasteiger charge is 2.32. The van der Waals surface area contributed by atoms with E-state index in [1.807, 2.05) is 18.2 Å². The van der Waals surface area contributed by atoms with E-state index in [-0.39, 0.29) is 12.5 Å². The van der Waals surface area contributed by atoms with Crippen molar-refractivity contribution in [2.24, 2.45) is 7.05 Å². The van der Waals surface area contributed by atoms with Gasteiger partial charge in [-0.05, 0) is 67.2 Å². The van der Waals surface area contributed by atoms with Crippen molar-refractivity contribution in [3.8, 4) is 0 Å². The number of esters is 1. The molecule has 0 bridgehead atoms. The number of nitrogens with one attached hydrogen (secondary N) is 2. The van der Waals surface area contributed by atoms with Crippen LogP contribution in [-0.4, -0.2) is 29.0 Å². The highest BCUT2D eigenvalue weighted by atomic mass is 32.2. The van der Waals surface area contributed by atoms with Crippen molar-refractivity contribution in [3.05, 3.63) is 62.3 Å². The van der Waals surface area contributed by atoms with Crippen LogP contribution < -0.4 is 15.6 Å². The summed E-state index contributed by atoms with van der Waals surface area (Å²) in [7, 11) is 1.63. The number of hydrogen-bond donors (Lipinski definition) is 2. The minimum Gasteiger partial charge on any atom is -0.462 e. The molecule has 0 saturated carbocycles. The van der Waals surface area contributed by atoms with Crippen LogP contribution in [0.15, 0.2) is 44.7 Å². The summed E-state index contributed by atoms with van der Waals surface area (Å²) in [5, 5.41) is 5.57. The van der Waals surface area contributed by atoms with Gasteiger partial charge in [-0.3, -0.25) is 9.32 Å². The van der Waals surface area contributed by atoms with E-state index < -0.39 is 16.8 Å². The molecule has 0 saturated heterocycles. The number of carbonyl (C=O) groups excluding carboxylic acids is 2. The van der Waals surface area contributed by atoms with Crippen molar-refractivity contribution in [2.45, 2.75) is 49.3 Å². The van der Waals surface area contributed by atoms with Crippen molar-refractivity contribution in [3.63, 3.8) is 0 Å². The second-order valence-electron chi connectivity index (χ2n) is 7.87. The molecule has 2 atom stereocenters. The Labute approximate surface area is 199 Å². The molecule has 1 aliphatic rings. The lowest BCUT2D eigenvalue weighted by atomic mass is 9.83. The summed E-state index contributed by atoms with van der Waals surface area (Å²) >= 11 is 2.53. The third kappa shape index (κ3) is 4.91. The van der Waals surface area contributed by atoms with Crippen molar-refractivity contribution in [2.75, 3.05) is 11.9 Å². The molecule has 33 heavy (non-hydrogen) atoms. The van der Waals surface area contributed by atoms with E-state index >= 15 is 0 Å². The smallest absolute Gasteiger partial charge is 0.441 e. The van der Waals surface area contributed by atoms with Crippen LogP contribution in [0, 0.1) is 0 Å². The fourth-order valence-electron chi connectivity index (χ4n) is 4.00. The number of amides is 1. The molecule has 3 aromatic rings. The van der Waals surface area contributed by atoms with Gasteiger partial charge < -0.3 is 10.1 Å². The lowest BCUT2D eigenvalue weighted by molar-refractivity contribution is -0.772. The quantitative estimate of drug-likeness (QED) is 0.300. The summed E-state index contributed by atoms with van der Waals surface area (Å²) in [5.74, 6) is -0.343. The molecule has 1 aromatic carbocycles. The van der Waals surface area contributed by atoms with Crippen LogP contribution >= 0.6 is 23.1 Å². The molecule has 2 heterocycles. The van der Waals surface area contributed by atoms with Crippen LogP contribution in [0.5, 0.6) is 0 Å². The Bertz CT molecular complexity index is 1210. The molecule has 0 radical (unpaired) electrons. The molecule has 2 N–H and O–H groups in total. The molecule has 174 valence electrons. The van der Waals surface area contributed by atoms with Crippen LogP contribution in [0.25, 0.3) is 0 Å². The summed E-state index contributed by atoms with van der Waals surface area (Å²) in [4.78, 5) is 38.7. The molecule has 10 heteroatoms. The number of benzene rings is 1. The first-order valence-corrected chi connectivity index (χ1v) is 12.5. The topological polar surface area (TPSA) is 105 Å². The van der Waals surface area contributed by atoms with Gasteiger partial charge in [-0.1, -0.05) is 35.0 Å². The fraction of sp³-hybridized carbons (Fsp3) is 0.391. The predicted octanol–water partition coefficient (Wildman–Crippen LogP) is 3.42. The number of hydrogen-bond acceptors (Lipinski definition) is 7. The molecule has 1 amide bonds. The first-order valence-electron chi connectivity index (χ1n) is 10.8. The minimum atomic E-state index is -0.582. The summed E-state index contributed by atoms with van der Waals surface area (Å²) in [6, 6.07) is 10.4. The van der Waals surface area contributed by atoms with Gasteiger partial charge >= 0.3 is 16.6 Å². The van der Waals surface area contributed by atoms with Crippen LogP contribution in [0.3, 0.4) is 0 Å². The van der Waals surface area contributed by atoms with E-state index in [1.165, 1.54) is 21.6 Å². The lowest BCUT2D eigenvalue weighted by Gasteiger charge is -2.23. The summed E-state index contributed by atoms with van der Waals surface area (Å²) in [5.41, 5.74) is 2.18. The Morgan fingerprint density at radius 2 is 2.12 bits per heavy atom. The molecule has 8 nitrogen and oxygen atoms in total. The summed E-state index contributed by atoms with van der Waals surface area (Å²) in [6.45, 7) is 3.73. The monoisotopic (exact) mass is 488 g/mol. The van der Waals surface area contributed by atoms with Gasteiger partial charge in [0.25, 0.3) is 0 Å². The maximum absolute atomic E-state index is 13.0. The molecular weight excluding hydrogens is 462 g/mol. The Morgan fingerprint density at radius 3 is 2.79 bits per heavy atom. The van der Waals surface area contributed by atoms with Crippen LogP contribution in [0.1, 0.15) is 52.5 Å². The first kappa shape index (κ1) is 23.3. The Morgan fingerprint density at radius 1 is 1.36 bits per heavy atom. The van der Waals surface area contributed by atoms with E-state index in [4.69, 9.17) is 9.26 Å². The highest BCUT2D eigenvalue weighted by Crippen LogP contribution is 2.43. The molecule has 0 fully saturated rings. The first-order chi connectivity index (χ1) is 15.9. The van der Waals surface area contributed by atoms with Crippen LogP contribution in [0.4, 0.5) is 5.00 Å². The average Bonchev–Trinajstić information content (AvgIpc) is 3.33. The number of thiophene rings is 1. The number of thioether (sulfide) groups is 1. The third-order valence-electron chi connectivity index (χ3n) is 5.66. The Balaban J connectivity index is 1.58. The summed E-state index contributed by atoms with van der Waals surface area (Å²) < 4.78 is 11.5. The Kier molecular flexibility index (Phi) is 7.04. The van der Waals surface area contributed by atoms with Crippen molar-refractivity contribution in [1.29, 1.82) is 0 Å². The second-order valence-corrected chi connectivity index (χ2v) is 10.3. The van der Waals surface area contributed by atoms with Crippen molar-refractivity contribution >= 4 is 40.0 Å². The van der Waals surface area contributed by atoms with Gasteiger partial charge in [0.1, 0.15) is 5.00 Å². The highest BCUT2D eigenvalue weighted by molar-refractivity contribution is 8.00. The van der Waals surface area contributed by atoms with Crippen molar-refractivity contribution in [1.82, 2.24) is 5.27 Å². The molecule has 2 aromatic heterocycles. The van der Waals surface area contributed by atoms with Gasteiger partial charge in [0.05, 0.1) is 17.4 Å². The van der Waals surface area contributed by atoms with Gasteiger partial charge in [-0.15, -0.1) is 11.3 Å². The number of aromatic nitrogens is 2. The fourth-order valence-corrected chi connectivity index (χ4v) is 6.15. The number of aryl methyl sites for hydroxylation is 1. The van der Waals surface area contributed by atoms with Crippen LogP contribution in [-0.2, 0) is 29.4 Å². The van der Waals surface area contributed by atoms with Gasteiger partial charge in [0.15, 0.2) is 7.05 Å². The van der Waals surface area contributed by atoms with Gasteiger partial charge in [-0.25, -0.2) is 9.59 Å². The lowest BCUT2D eigenvalue weighted by Crippen LogP contribution is -2.35. The summed E-state index contributed by atoms with van der Waals surface area (Å²) in [6.07, 6.45) is 2.50. The predicted molar refractivity (Wildman–Crippen MR) is 126 cm³/mol. The molecule has 0 spiro atoms. The average molecular weight is 489 g/mol. The van der Waals surface area contributed by atoms with Gasteiger partial charge in [0.2, 0.25) is 5.91 Å². The van der Waals surface area contributed by atoms with E-state index in [0.717, 1.165) is 41.5 Å². The molecular formula is C23H26N3O5S2+. The zero-order chi connectivity index (χ0) is 23.5. The van der Waals surface area contributed by atoms with Crippen molar-refractivity contribution < 1.29 is 23.5 Å².